The molecule has 0 heterocycles. The third kappa shape index (κ3) is 6.68. The van der Waals surface area contributed by atoms with Gasteiger partial charge in [0, 0.05) is 29.1 Å². The number of benzene rings is 2. The van der Waals surface area contributed by atoms with Crippen molar-refractivity contribution in [3.8, 4) is 0 Å². The molecule has 0 bridgehead atoms. The van der Waals surface area contributed by atoms with E-state index >= 15 is 0 Å². The van der Waals surface area contributed by atoms with Gasteiger partial charge < -0.3 is 4.90 Å². The number of nitrogens with zero attached hydrogens (tertiary/aromatic N) is 1. The summed E-state index contributed by atoms with van der Waals surface area (Å²) in [6, 6.07) is 14.3. The van der Waals surface area contributed by atoms with E-state index in [0.29, 0.717) is 6.04 Å². The second-order valence-electron chi connectivity index (χ2n) is 7.48. The Hall–Kier alpha value is -0.900. The molecule has 0 aromatic heterocycles. The molecule has 0 saturated heterocycles. The average Bonchev–Trinajstić information content (AvgIpc) is 2.59. The Labute approximate surface area is 169 Å². The highest BCUT2D eigenvalue weighted by molar-refractivity contribution is 7.99. The van der Waals surface area contributed by atoms with Crippen LogP contribution >= 0.6 is 23.5 Å². The Morgan fingerprint density at radius 2 is 1.12 bits per heavy atom. The molecule has 0 amide bonds. The molecule has 0 aliphatic carbocycles. The molecule has 0 radical (unpaired) electrons. The molecule has 3 heteroatoms. The Morgan fingerprint density at radius 1 is 0.692 bits per heavy atom. The lowest BCUT2D eigenvalue weighted by atomic mass is 10.1. The Balaban J connectivity index is 1.78. The molecule has 0 unspecified atom stereocenters. The van der Waals surface area contributed by atoms with E-state index in [0.717, 1.165) is 11.5 Å². The van der Waals surface area contributed by atoms with Crippen LogP contribution in [0.15, 0.2) is 36.4 Å². The lowest BCUT2D eigenvalue weighted by molar-refractivity contribution is 0.344. The van der Waals surface area contributed by atoms with E-state index in [-0.39, 0.29) is 0 Å². The Kier molecular flexibility index (Phi) is 8.59. The number of aryl methyl sites for hydroxylation is 4. The molecule has 0 spiro atoms. The fourth-order valence-corrected chi connectivity index (χ4v) is 5.35. The lowest BCUT2D eigenvalue weighted by Crippen LogP contribution is -2.32. The van der Waals surface area contributed by atoms with Crippen molar-refractivity contribution in [3.05, 3.63) is 69.8 Å². The first-order valence-corrected chi connectivity index (χ1v) is 11.6. The highest BCUT2D eigenvalue weighted by atomic mass is 32.2. The predicted molar refractivity (Wildman–Crippen MR) is 122 cm³/mol. The van der Waals surface area contributed by atoms with Gasteiger partial charge in [0.15, 0.2) is 0 Å². The van der Waals surface area contributed by atoms with Gasteiger partial charge in [-0.15, -0.1) is 0 Å². The van der Waals surface area contributed by atoms with Gasteiger partial charge in [0.1, 0.15) is 0 Å². The summed E-state index contributed by atoms with van der Waals surface area (Å²) in [6.07, 6.45) is 0. The summed E-state index contributed by atoms with van der Waals surface area (Å²) in [4.78, 5) is 2.38. The summed E-state index contributed by atoms with van der Waals surface area (Å²) < 4.78 is 0. The summed E-state index contributed by atoms with van der Waals surface area (Å²) in [5.74, 6) is 4.57. The molecule has 2 aromatic rings. The molecule has 2 aromatic carbocycles. The number of hydrogen-bond acceptors (Lipinski definition) is 3. The zero-order valence-electron chi connectivity index (χ0n) is 17.1. The molecular formula is C23H33NS2. The van der Waals surface area contributed by atoms with E-state index in [1.165, 1.54) is 44.9 Å². The highest BCUT2D eigenvalue weighted by Gasteiger charge is 2.12. The quantitative estimate of drug-likeness (QED) is 0.518. The molecule has 0 aliphatic rings. The maximum Gasteiger partial charge on any atom is 0.0271 e. The van der Waals surface area contributed by atoms with Gasteiger partial charge >= 0.3 is 0 Å². The number of rotatable bonds is 9. The standard InChI is InChI=1S/C23H33NS2/c1-17-7-9-21(11-19(17)3)13-25-15-23(24(5)6)16-26-14-22-10-8-18(2)20(4)12-22/h7-12,23H,13-16H2,1-6H3. The van der Waals surface area contributed by atoms with Crippen LogP contribution in [0.3, 0.4) is 0 Å². The van der Waals surface area contributed by atoms with E-state index in [2.05, 4.69) is 107 Å². The molecule has 142 valence electrons. The molecule has 0 aliphatic heterocycles. The number of hydrogen-bond donors (Lipinski definition) is 0. The van der Waals surface area contributed by atoms with Crippen LogP contribution in [0.25, 0.3) is 0 Å². The van der Waals surface area contributed by atoms with Gasteiger partial charge in [-0.1, -0.05) is 36.4 Å². The smallest absolute Gasteiger partial charge is 0.0271 e. The normalized spacial score (nSPS) is 11.5. The van der Waals surface area contributed by atoms with Crippen LogP contribution in [0, 0.1) is 27.7 Å². The third-order valence-electron chi connectivity index (χ3n) is 5.03. The molecule has 0 fully saturated rings. The van der Waals surface area contributed by atoms with Gasteiger partial charge in [-0.05, 0) is 75.2 Å². The van der Waals surface area contributed by atoms with E-state index in [1.54, 1.807) is 0 Å². The zero-order valence-corrected chi connectivity index (χ0v) is 18.8. The molecule has 0 saturated carbocycles. The van der Waals surface area contributed by atoms with Crippen LogP contribution in [0.4, 0.5) is 0 Å². The molecule has 1 nitrogen and oxygen atoms in total. The van der Waals surface area contributed by atoms with Crippen LogP contribution in [-0.4, -0.2) is 36.5 Å². The summed E-state index contributed by atoms with van der Waals surface area (Å²) in [5, 5.41) is 0. The minimum atomic E-state index is 0.614. The Morgan fingerprint density at radius 3 is 1.46 bits per heavy atom. The summed E-state index contributed by atoms with van der Waals surface area (Å²) in [6.45, 7) is 8.77. The van der Waals surface area contributed by atoms with Crippen molar-refractivity contribution in [2.45, 2.75) is 45.2 Å². The van der Waals surface area contributed by atoms with Crippen LogP contribution in [0.5, 0.6) is 0 Å². The van der Waals surface area contributed by atoms with Gasteiger partial charge in [-0.2, -0.15) is 23.5 Å². The van der Waals surface area contributed by atoms with Crippen molar-refractivity contribution < 1.29 is 0 Å². The SMILES string of the molecule is Cc1ccc(CSCC(CSCc2ccc(C)c(C)c2)N(C)C)cc1C. The van der Waals surface area contributed by atoms with Crippen molar-refractivity contribution in [1.82, 2.24) is 4.90 Å². The first kappa shape index (κ1) is 21.4. The van der Waals surface area contributed by atoms with Crippen molar-refractivity contribution in [3.63, 3.8) is 0 Å². The van der Waals surface area contributed by atoms with E-state index < -0.39 is 0 Å². The molecule has 26 heavy (non-hydrogen) atoms. The second-order valence-corrected chi connectivity index (χ2v) is 9.55. The van der Waals surface area contributed by atoms with E-state index in [1.807, 2.05) is 0 Å². The summed E-state index contributed by atoms with van der Waals surface area (Å²) >= 11 is 4.11. The maximum absolute atomic E-state index is 2.38. The lowest BCUT2D eigenvalue weighted by Gasteiger charge is -2.24. The van der Waals surface area contributed by atoms with Gasteiger partial charge in [-0.25, -0.2) is 0 Å². The van der Waals surface area contributed by atoms with Gasteiger partial charge in [-0.3, -0.25) is 0 Å². The van der Waals surface area contributed by atoms with Gasteiger partial charge in [0.2, 0.25) is 0 Å². The summed E-state index contributed by atoms with van der Waals surface area (Å²) in [7, 11) is 4.41. The summed E-state index contributed by atoms with van der Waals surface area (Å²) in [5.41, 5.74) is 8.45. The van der Waals surface area contributed by atoms with Crippen LogP contribution < -0.4 is 0 Å². The minimum absolute atomic E-state index is 0.614. The minimum Gasteiger partial charge on any atom is -0.305 e. The molecular weight excluding hydrogens is 354 g/mol. The van der Waals surface area contributed by atoms with Crippen molar-refractivity contribution in [1.29, 1.82) is 0 Å². The largest absolute Gasteiger partial charge is 0.305 e. The first-order chi connectivity index (χ1) is 12.4. The van der Waals surface area contributed by atoms with E-state index in [4.69, 9.17) is 0 Å². The average molecular weight is 388 g/mol. The molecule has 2 rings (SSSR count). The van der Waals surface area contributed by atoms with Crippen molar-refractivity contribution >= 4 is 23.5 Å². The van der Waals surface area contributed by atoms with Crippen LogP contribution in [0.2, 0.25) is 0 Å². The maximum atomic E-state index is 2.38. The fraction of sp³-hybridized carbons (Fsp3) is 0.478. The van der Waals surface area contributed by atoms with Crippen molar-refractivity contribution in [2.24, 2.45) is 0 Å². The molecule has 0 N–H and O–H groups in total. The Bertz CT molecular complexity index is 652. The fourth-order valence-electron chi connectivity index (χ4n) is 2.76. The number of thioether (sulfide) groups is 2. The monoisotopic (exact) mass is 387 g/mol. The van der Waals surface area contributed by atoms with Crippen molar-refractivity contribution in [2.75, 3.05) is 25.6 Å². The van der Waals surface area contributed by atoms with Gasteiger partial charge in [0.25, 0.3) is 0 Å². The second kappa shape index (κ2) is 10.4. The van der Waals surface area contributed by atoms with Crippen LogP contribution in [0.1, 0.15) is 33.4 Å². The topological polar surface area (TPSA) is 3.24 Å². The van der Waals surface area contributed by atoms with E-state index in [9.17, 15) is 0 Å². The zero-order chi connectivity index (χ0) is 19.1. The van der Waals surface area contributed by atoms with Gasteiger partial charge in [0.05, 0.1) is 0 Å². The predicted octanol–water partition coefficient (Wildman–Crippen LogP) is 6.02. The third-order valence-corrected chi connectivity index (χ3v) is 7.35. The highest BCUT2D eigenvalue weighted by Crippen LogP contribution is 2.21. The molecule has 0 atom stereocenters. The van der Waals surface area contributed by atoms with Crippen LogP contribution in [-0.2, 0) is 11.5 Å². The first-order valence-electron chi connectivity index (χ1n) is 9.31.